The molecule has 112 heavy (non-hydrogen) atoms. The molecule has 0 fully saturated rings. The fraction of sp³-hybridized carbons (Fsp3) is 0. The van der Waals surface area contributed by atoms with Gasteiger partial charge in [0.2, 0.25) is 0 Å². The van der Waals surface area contributed by atoms with Crippen LogP contribution in [0, 0.1) is 0 Å². The van der Waals surface area contributed by atoms with Crippen molar-refractivity contribution in [2.24, 2.45) is 0 Å². The summed E-state index contributed by atoms with van der Waals surface area (Å²) in [4.78, 5) is 0. The Balaban J connectivity index is 0.000000169. The van der Waals surface area contributed by atoms with Gasteiger partial charge < -0.3 is 18.3 Å². The maximum absolute atomic E-state index is 15.8. The molecule has 0 bridgehead atoms. The minimum Gasteiger partial charge on any atom is -0.309 e. The highest BCUT2D eigenvalue weighted by molar-refractivity contribution is 7.86. The first kappa shape index (κ1) is 72.3. The quantitative estimate of drug-likeness (QED) is 0.0803. The molecule has 0 aliphatic carbocycles. The van der Waals surface area contributed by atoms with E-state index < -0.39 is 28.6 Å². The van der Waals surface area contributed by atoms with Gasteiger partial charge in [0.05, 0.1) is 0 Å². The Morgan fingerprint density at radius 1 is 0.107 bits per heavy atom. The minimum atomic E-state index is -3.29. The summed E-state index contributed by atoms with van der Waals surface area (Å²) in [6.45, 7) is 0. The van der Waals surface area contributed by atoms with Crippen molar-refractivity contribution in [1.29, 1.82) is 0 Å². The molecule has 0 saturated heterocycles. The van der Waals surface area contributed by atoms with Gasteiger partial charge in [-0.25, -0.2) is 0 Å². The largest absolute Gasteiger partial charge is 0.309 e. The van der Waals surface area contributed by atoms with E-state index in [1.807, 2.05) is 291 Å². The second kappa shape index (κ2) is 31.8. The van der Waals surface area contributed by atoms with Crippen LogP contribution in [0.2, 0.25) is 0 Å². The third-order valence-electron chi connectivity index (χ3n) is 21.4. The normalized spacial score (nSPS) is 12.6. The van der Waals surface area contributed by atoms with Crippen LogP contribution in [-0.2, 0) is 18.3 Å². The topological polar surface area (TPSA) is 68.3 Å². The lowest BCUT2D eigenvalue weighted by atomic mass is 10.1. The Labute approximate surface area is 655 Å². The summed E-state index contributed by atoms with van der Waals surface area (Å²) >= 11 is 0. The molecular formula is C104H76O4P4. The van der Waals surface area contributed by atoms with Gasteiger partial charge in [-0.05, 0) is 100 Å². The third kappa shape index (κ3) is 14.3. The van der Waals surface area contributed by atoms with Crippen molar-refractivity contribution in [3.05, 3.63) is 461 Å². The van der Waals surface area contributed by atoms with E-state index in [9.17, 15) is 0 Å². The van der Waals surface area contributed by atoms with E-state index in [0.29, 0.717) is 0 Å². The van der Waals surface area contributed by atoms with E-state index in [-0.39, 0.29) is 0 Å². The average Bonchev–Trinajstić information content (AvgIpc) is 0.764. The van der Waals surface area contributed by atoms with Gasteiger partial charge in [-0.15, -0.1) is 0 Å². The molecule has 0 radical (unpaired) electrons. The minimum absolute atomic E-state index is 0.759. The van der Waals surface area contributed by atoms with Gasteiger partial charge in [0.15, 0.2) is 28.6 Å². The smallest absolute Gasteiger partial charge is 0.171 e. The van der Waals surface area contributed by atoms with E-state index in [0.717, 1.165) is 152 Å². The number of hydrogen-bond acceptors (Lipinski definition) is 4. The van der Waals surface area contributed by atoms with E-state index >= 15 is 18.3 Å². The average molecular weight is 1510 g/mol. The molecule has 0 aromatic heterocycles. The molecule has 0 aliphatic rings. The third-order valence-corrected chi connectivity index (χ3v) is 33.6. The molecule has 18 rings (SSSR count). The molecule has 0 spiro atoms. The van der Waals surface area contributed by atoms with E-state index in [1.165, 1.54) is 0 Å². The first-order valence-corrected chi connectivity index (χ1v) is 44.4. The van der Waals surface area contributed by atoms with Gasteiger partial charge in [-0.2, -0.15) is 0 Å². The summed E-state index contributed by atoms with van der Waals surface area (Å²) < 4.78 is 61.9. The molecule has 4 nitrogen and oxygen atoms in total. The van der Waals surface area contributed by atoms with Crippen LogP contribution in [0.5, 0.6) is 0 Å². The fourth-order valence-corrected chi connectivity index (χ4v) is 25.8. The van der Waals surface area contributed by atoms with Gasteiger partial charge in [-0.3, -0.25) is 0 Å². The van der Waals surface area contributed by atoms with Crippen LogP contribution in [0.4, 0.5) is 0 Å². The Kier molecular flexibility index (Phi) is 20.5. The molecule has 0 N–H and O–H groups in total. The first-order chi connectivity index (χ1) is 55.0. The van der Waals surface area contributed by atoms with Crippen molar-refractivity contribution >= 4 is 114 Å². The summed E-state index contributed by atoms with van der Waals surface area (Å²) in [5.41, 5.74) is 12.7. The van der Waals surface area contributed by atoms with Gasteiger partial charge in [0.25, 0.3) is 0 Å². The predicted molar refractivity (Wildman–Crippen MR) is 478 cm³/mol. The van der Waals surface area contributed by atoms with Crippen molar-refractivity contribution in [2.75, 3.05) is 0 Å². The summed E-state index contributed by atoms with van der Waals surface area (Å²) in [5, 5.41) is 13.8. The summed E-state index contributed by atoms with van der Waals surface area (Å²) in [5.74, 6) is 0. The maximum atomic E-state index is 15.8. The van der Waals surface area contributed by atoms with Crippen molar-refractivity contribution < 1.29 is 18.3 Å². The van der Waals surface area contributed by atoms with E-state index in [4.69, 9.17) is 0 Å². The highest BCUT2D eigenvalue weighted by atomic mass is 31.2. The SMILES string of the molecule is O=P(c1ccc(-c2ccccc2)cc1)(c1ccc(-c2ccccc2)cc1)c1ccc(-c2ccc(P(=O)(c3ccc(-c4ccccc4)cc3)c3ccc(-c4ccccc4)cc3)cc2)cc1.O=P(c1ccccc1)(c1ccc(-c2ccc(P(=O)(c3ccccc3)c3ccc4ccccc4c3)cc2)cc1)c1ccc2ccccc2c1. The molecule has 0 aliphatic heterocycles. The van der Waals surface area contributed by atoms with Crippen molar-refractivity contribution in [2.45, 2.75) is 0 Å². The molecule has 2 unspecified atom stereocenters. The van der Waals surface area contributed by atoms with Crippen LogP contribution in [0.25, 0.3) is 88.3 Å². The van der Waals surface area contributed by atoms with Crippen molar-refractivity contribution in [3.63, 3.8) is 0 Å². The van der Waals surface area contributed by atoms with Crippen LogP contribution in [0.3, 0.4) is 0 Å². The Hall–Kier alpha value is -12.6. The lowest BCUT2D eigenvalue weighted by Crippen LogP contribution is -2.25. The monoisotopic (exact) mass is 1510 g/mol. The molecule has 536 valence electrons. The first-order valence-electron chi connectivity index (χ1n) is 37.6. The van der Waals surface area contributed by atoms with Gasteiger partial charge in [0.1, 0.15) is 0 Å². The number of rotatable bonds is 18. The van der Waals surface area contributed by atoms with Crippen LogP contribution < -0.4 is 63.7 Å². The van der Waals surface area contributed by atoms with Crippen LogP contribution in [0.1, 0.15) is 0 Å². The molecule has 18 aromatic carbocycles. The molecule has 18 aromatic rings. The van der Waals surface area contributed by atoms with Crippen LogP contribution >= 0.6 is 28.6 Å². The van der Waals surface area contributed by atoms with Gasteiger partial charge in [-0.1, -0.05) is 449 Å². The van der Waals surface area contributed by atoms with E-state index in [2.05, 4.69) is 170 Å². The molecule has 0 saturated carbocycles. The zero-order chi connectivity index (χ0) is 75.9. The number of fused-ring (bicyclic) bond motifs is 2. The molecular weight excluding hydrogens is 1440 g/mol. The summed E-state index contributed by atoms with van der Waals surface area (Å²) in [7, 11) is -12.9. The van der Waals surface area contributed by atoms with Crippen molar-refractivity contribution in [1.82, 2.24) is 0 Å². The standard InChI is InChI=1S/C60H44O2P2.C44H32O2P2/c61-63(55-33-21-49(22-34-55)45-13-5-1-6-14-45,56-35-23-50(24-36-56)46-15-7-2-8-16-46)59-41-29-53(30-42-59)54-31-43-60(44-32-54)64(62,57-37-25-51(26-38-57)47-17-9-3-10-18-47)58-39-27-52(28-40-58)48-19-11-4-12-20-48;45-47(39-15-3-1-4-16-39,43-29-23-33-11-7-9-13-37(33)31-43)41-25-19-35(20-26-41)36-21-27-42(28-22-36)48(46,40-17-5-2-6-18-40)44-30-24-34-12-8-10-14-38(34)32-44/h1-44H;1-32H. The second-order valence-electron chi connectivity index (χ2n) is 28.0. The fourth-order valence-electron chi connectivity index (χ4n) is 15.2. The number of hydrogen-bond donors (Lipinski definition) is 0. The predicted octanol–water partition coefficient (Wildman–Crippen LogP) is 22.2. The maximum Gasteiger partial charge on any atom is 0.171 e. The Morgan fingerprint density at radius 3 is 0.438 bits per heavy atom. The highest BCUT2D eigenvalue weighted by Gasteiger charge is 2.35. The zero-order valence-corrected chi connectivity index (χ0v) is 64.9. The molecule has 2 atom stereocenters. The molecule has 0 amide bonds. The lowest BCUT2D eigenvalue weighted by Gasteiger charge is -2.22. The van der Waals surface area contributed by atoms with Crippen LogP contribution in [0.15, 0.2) is 461 Å². The van der Waals surface area contributed by atoms with E-state index in [1.54, 1.807) is 0 Å². The summed E-state index contributed by atoms with van der Waals surface area (Å²) in [6.07, 6.45) is 0. The van der Waals surface area contributed by atoms with Crippen molar-refractivity contribution in [3.8, 4) is 66.8 Å². The lowest BCUT2D eigenvalue weighted by molar-refractivity contribution is 0.591. The molecule has 0 heterocycles. The molecule has 8 heteroatoms. The number of benzene rings is 18. The second-order valence-corrected chi connectivity index (χ2v) is 39.1. The Bertz CT molecular complexity index is 5930. The highest BCUT2D eigenvalue weighted by Crippen LogP contribution is 2.48. The summed E-state index contributed by atoms with van der Waals surface area (Å²) in [6, 6.07) is 154. The van der Waals surface area contributed by atoms with Gasteiger partial charge in [0, 0.05) is 63.7 Å². The van der Waals surface area contributed by atoms with Gasteiger partial charge >= 0.3 is 0 Å². The Morgan fingerprint density at radius 2 is 0.241 bits per heavy atom. The zero-order valence-electron chi connectivity index (χ0n) is 61.3. The van der Waals surface area contributed by atoms with Crippen LogP contribution in [-0.4, -0.2) is 0 Å².